The lowest BCUT2D eigenvalue weighted by molar-refractivity contribution is -0.140. The summed E-state index contributed by atoms with van der Waals surface area (Å²) in [5, 5.41) is 10.7. The van der Waals surface area contributed by atoms with Gasteiger partial charge >= 0.3 is 12.1 Å². The molecule has 0 spiro atoms. The number of thiazole rings is 1. The van der Waals surface area contributed by atoms with Crippen molar-refractivity contribution in [1.29, 1.82) is 0 Å². The third kappa shape index (κ3) is 4.80. The Balaban J connectivity index is 1.93. The molecule has 0 unspecified atom stereocenters. The lowest BCUT2D eigenvalue weighted by Crippen LogP contribution is -2.18. The van der Waals surface area contributed by atoms with Crippen molar-refractivity contribution in [1.82, 2.24) is 13.9 Å². The van der Waals surface area contributed by atoms with Crippen molar-refractivity contribution in [3.63, 3.8) is 0 Å². The number of aromatic nitrogens is 3. The van der Waals surface area contributed by atoms with E-state index in [0.29, 0.717) is 5.01 Å². The summed E-state index contributed by atoms with van der Waals surface area (Å²) in [7, 11) is -4.26. The van der Waals surface area contributed by atoms with Crippen molar-refractivity contribution in [2.75, 3.05) is 0 Å². The first-order valence-electron chi connectivity index (χ1n) is 10.3. The van der Waals surface area contributed by atoms with E-state index in [1.807, 2.05) is 20.8 Å². The highest BCUT2D eigenvalue weighted by Crippen LogP contribution is 2.33. The van der Waals surface area contributed by atoms with Crippen LogP contribution in [-0.4, -0.2) is 33.4 Å². The highest BCUT2D eigenvalue weighted by atomic mass is 32.2. The van der Waals surface area contributed by atoms with Crippen molar-refractivity contribution in [2.24, 2.45) is 0 Å². The zero-order valence-electron chi connectivity index (χ0n) is 18.8. The van der Waals surface area contributed by atoms with Crippen LogP contribution in [0.5, 0.6) is 0 Å². The zero-order valence-corrected chi connectivity index (χ0v) is 20.4. The molecule has 7 nitrogen and oxygen atoms in total. The van der Waals surface area contributed by atoms with Gasteiger partial charge in [0.1, 0.15) is 5.69 Å². The summed E-state index contributed by atoms with van der Waals surface area (Å²) in [4.78, 5) is 18.8. The Bertz CT molecular complexity index is 1550. The quantitative estimate of drug-likeness (QED) is 0.379. The Hall–Kier alpha value is -3.25. The summed E-state index contributed by atoms with van der Waals surface area (Å²) in [6, 6.07) is 9.43. The minimum absolute atomic E-state index is 0.0239. The number of benzene rings is 1. The van der Waals surface area contributed by atoms with E-state index >= 15 is 0 Å². The third-order valence-corrected chi connectivity index (χ3v) is 7.93. The fourth-order valence-electron chi connectivity index (χ4n) is 3.55. The molecule has 12 heteroatoms. The number of carboxylic acid groups (broad SMARTS) is 1. The average Bonchev–Trinajstić information content (AvgIpc) is 3.37. The van der Waals surface area contributed by atoms with E-state index in [-0.39, 0.29) is 39.2 Å². The molecule has 184 valence electrons. The first-order valence-corrected chi connectivity index (χ1v) is 12.6. The van der Waals surface area contributed by atoms with E-state index in [0.717, 1.165) is 33.0 Å². The van der Waals surface area contributed by atoms with Gasteiger partial charge in [0.05, 0.1) is 20.9 Å². The van der Waals surface area contributed by atoms with E-state index in [9.17, 15) is 26.4 Å². The summed E-state index contributed by atoms with van der Waals surface area (Å²) >= 11 is 1.01. The summed E-state index contributed by atoms with van der Waals surface area (Å²) in [6.07, 6.45) is -4.82. The maximum absolute atomic E-state index is 13.8. The first-order chi connectivity index (χ1) is 16.2. The second-order valence-electron chi connectivity index (χ2n) is 8.89. The van der Waals surface area contributed by atoms with Crippen molar-refractivity contribution in [2.45, 2.75) is 43.7 Å². The summed E-state index contributed by atoms with van der Waals surface area (Å²) in [6.45, 7) is 5.79. The highest BCUT2D eigenvalue weighted by molar-refractivity contribution is 7.90. The van der Waals surface area contributed by atoms with Crippen molar-refractivity contribution >= 4 is 38.4 Å². The van der Waals surface area contributed by atoms with Gasteiger partial charge in [0.15, 0.2) is 5.69 Å². The van der Waals surface area contributed by atoms with Crippen LogP contribution in [0.15, 0.2) is 52.7 Å². The number of carboxylic acids is 1. The monoisotopic (exact) mass is 523 g/mol. The molecule has 3 heterocycles. The lowest BCUT2D eigenvalue weighted by Gasteiger charge is -2.20. The first kappa shape index (κ1) is 24.9. The van der Waals surface area contributed by atoms with Gasteiger partial charge in [0.25, 0.3) is 10.0 Å². The van der Waals surface area contributed by atoms with Gasteiger partial charge in [0.2, 0.25) is 0 Å². The van der Waals surface area contributed by atoms with Crippen molar-refractivity contribution in [3.8, 4) is 0 Å². The van der Waals surface area contributed by atoms with Gasteiger partial charge in [-0.25, -0.2) is 27.2 Å². The molecule has 0 bridgehead atoms. The van der Waals surface area contributed by atoms with Crippen LogP contribution in [0.3, 0.4) is 0 Å². The number of halogens is 3. The molecule has 0 amide bonds. The summed E-state index contributed by atoms with van der Waals surface area (Å²) < 4.78 is 68.3. The maximum atomic E-state index is 13.8. The SMILES string of the molecule is CC(C)(C)c1cccc(S(=O)(=O)n2c(Cc3nc(C(=O)O)cs3)cc3nc(C(F)(F)F)ccc32)c1. The number of alkyl halides is 3. The van der Waals surface area contributed by atoms with Crippen LogP contribution in [-0.2, 0) is 28.0 Å². The second-order valence-corrected chi connectivity index (χ2v) is 11.6. The molecular formula is C23H20F3N3O4S2. The number of nitrogens with zero attached hydrogens (tertiary/aromatic N) is 3. The number of hydrogen-bond donors (Lipinski definition) is 1. The van der Waals surface area contributed by atoms with Crippen molar-refractivity contribution in [3.05, 3.63) is 75.5 Å². The molecular weight excluding hydrogens is 503 g/mol. The largest absolute Gasteiger partial charge is 0.476 e. The standard InChI is InChI=1S/C23H20F3N3O4S2/c1-22(2,3)13-5-4-6-15(9-13)35(32,33)29-14(11-20-28-17(12-34-20)21(30)31)10-16-18(29)7-8-19(27-16)23(24,25)26/h4-10,12H,11H2,1-3H3,(H,30,31). The Morgan fingerprint density at radius 3 is 2.40 bits per heavy atom. The van der Waals surface area contributed by atoms with Gasteiger partial charge in [0, 0.05) is 17.5 Å². The molecule has 0 aliphatic rings. The molecule has 0 aliphatic carbocycles. The van der Waals surface area contributed by atoms with Crippen LogP contribution < -0.4 is 0 Å². The molecule has 1 aromatic carbocycles. The topological polar surface area (TPSA) is 102 Å². The molecule has 3 aromatic heterocycles. The number of carbonyl (C=O) groups is 1. The van der Waals surface area contributed by atoms with Gasteiger partial charge in [-0.15, -0.1) is 11.3 Å². The molecule has 1 N–H and O–H groups in total. The number of aromatic carboxylic acids is 1. The van der Waals surface area contributed by atoms with E-state index in [2.05, 4.69) is 9.97 Å². The van der Waals surface area contributed by atoms with Crippen LogP contribution in [0, 0.1) is 0 Å². The van der Waals surface area contributed by atoms with Crippen LogP contribution >= 0.6 is 11.3 Å². The van der Waals surface area contributed by atoms with E-state index < -0.39 is 27.9 Å². The molecule has 0 fully saturated rings. The van der Waals surface area contributed by atoms with Crippen LogP contribution in [0.1, 0.15) is 53.2 Å². The van der Waals surface area contributed by atoms with E-state index in [4.69, 9.17) is 5.11 Å². The van der Waals surface area contributed by atoms with Gasteiger partial charge in [-0.3, -0.25) is 0 Å². The normalized spacial score (nSPS) is 12.9. The smallest absolute Gasteiger partial charge is 0.433 e. The number of fused-ring (bicyclic) bond motifs is 1. The number of pyridine rings is 1. The average molecular weight is 524 g/mol. The Morgan fingerprint density at radius 2 is 1.80 bits per heavy atom. The van der Waals surface area contributed by atoms with Gasteiger partial charge < -0.3 is 5.11 Å². The fraction of sp³-hybridized carbons (Fsp3) is 0.261. The van der Waals surface area contributed by atoms with Crippen LogP contribution in [0.4, 0.5) is 13.2 Å². The Kier molecular flexibility index (Phi) is 6.00. The van der Waals surface area contributed by atoms with E-state index in [1.54, 1.807) is 12.1 Å². The molecule has 0 atom stereocenters. The minimum Gasteiger partial charge on any atom is -0.476 e. The predicted molar refractivity (Wildman–Crippen MR) is 124 cm³/mol. The molecule has 4 rings (SSSR count). The van der Waals surface area contributed by atoms with Gasteiger partial charge in [-0.2, -0.15) is 13.2 Å². The zero-order chi connectivity index (χ0) is 25.8. The molecule has 0 saturated carbocycles. The molecule has 4 aromatic rings. The summed E-state index contributed by atoms with van der Waals surface area (Å²) in [5.74, 6) is -1.24. The van der Waals surface area contributed by atoms with Crippen molar-refractivity contribution < 1.29 is 31.5 Å². The minimum atomic E-state index is -4.71. The van der Waals surface area contributed by atoms with Crippen LogP contribution in [0.25, 0.3) is 11.0 Å². The maximum Gasteiger partial charge on any atom is 0.433 e. The highest BCUT2D eigenvalue weighted by Gasteiger charge is 2.34. The molecule has 0 radical (unpaired) electrons. The molecule has 0 aliphatic heterocycles. The summed E-state index contributed by atoms with van der Waals surface area (Å²) in [5.41, 5.74) is -0.997. The number of rotatable bonds is 5. The second kappa shape index (κ2) is 8.45. The fourth-order valence-corrected chi connectivity index (χ4v) is 5.91. The van der Waals surface area contributed by atoms with Crippen LogP contribution in [0.2, 0.25) is 0 Å². The molecule has 35 heavy (non-hydrogen) atoms. The Labute approximate surface area is 202 Å². The third-order valence-electron chi connectivity index (χ3n) is 5.32. The van der Waals surface area contributed by atoms with Gasteiger partial charge in [-0.1, -0.05) is 32.9 Å². The number of hydrogen-bond acceptors (Lipinski definition) is 6. The lowest BCUT2D eigenvalue weighted by atomic mass is 9.87. The molecule has 0 saturated heterocycles. The van der Waals surface area contributed by atoms with E-state index in [1.165, 1.54) is 23.6 Å². The Morgan fingerprint density at radius 1 is 1.09 bits per heavy atom. The van der Waals surface area contributed by atoms with Gasteiger partial charge in [-0.05, 0) is 41.3 Å². The predicted octanol–water partition coefficient (Wildman–Crippen LogP) is 5.34.